The van der Waals surface area contributed by atoms with Gasteiger partial charge >= 0.3 is 0 Å². The molecule has 3 heteroatoms. The standard InChI is InChI=1S/C27H39NO2/c1-4-18-11-13-22-21-12-10-19-16-25(29)24(28-30-20-8-6-5-7-9-20)17-27(19,3)23(21)14-15-26(18,22)2/h5-9,18-19,21-24,28H,4,10-17H2,1-3H3/t18-,19+,21-,22+,23+,24-,26+,27-/m0/s1. The molecule has 0 aromatic heterocycles. The van der Waals surface area contributed by atoms with Crippen molar-refractivity contribution in [3.63, 3.8) is 0 Å². The van der Waals surface area contributed by atoms with Crippen LogP contribution in [0.1, 0.15) is 78.6 Å². The van der Waals surface area contributed by atoms with Crippen molar-refractivity contribution in [2.45, 2.75) is 84.6 Å². The minimum Gasteiger partial charge on any atom is -0.408 e. The molecular formula is C27H39NO2. The quantitative estimate of drug-likeness (QED) is 0.603. The van der Waals surface area contributed by atoms with E-state index in [1.54, 1.807) is 0 Å². The van der Waals surface area contributed by atoms with Gasteiger partial charge < -0.3 is 4.84 Å². The minimum atomic E-state index is -0.175. The van der Waals surface area contributed by atoms with Crippen molar-refractivity contribution in [2.24, 2.45) is 40.4 Å². The smallest absolute Gasteiger partial charge is 0.153 e. The highest BCUT2D eigenvalue weighted by Crippen LogP contribution is 2.67. The van der Waals surface area contributed by atoms with E-state index in [9.17, 15) is 4.79 Å². The molecule has 0 radical (unpaired) electrons. The van der Waals surface area contributed by atoms with Crippen LogP contribution >= 0.6 is 0 Å². The third kappa shape index (κ3) is 3.15. The molecule has 0 bridgehead atoms. The van der Waals surface area contributed by atoms with Crippen LogP contribution in [0.25, 0.3) is 0 Å². The molecule has 0 amide bonds. The van der Waals surface area contributed by atoms with Crippen molar-refractivity contribution in [2.75, 3.05) is 0 Å². The number of Topliss-reactive ketones (excluding diaryl/α,β-unsaturated/α-hetero) is 1. The highest BCUT2D eigenvalue weighted by Gasteiger charge is 2.60. The summed E-state index contributed by atoms with van der Waals surface area (Å²) in [4.78, 5) is 18.8. The zero-order valence-electron chi connectivity index (χ0n) is 19.0. The number of hydroxylamine groups is 1. The van der Waals surface area contributed by atoms with Gasteiger partial charge in [0.15, 0.2) is 5.78 Å². The van der Waals surface area contributed by atoms with Crippen molar-refractivity contribution in [3.05, 3.63) is 30.3 Å². The Labute approximate surface area is 182 Å². The summed E-state index contributed by atoms with van der Waals surface area (Å²) in [5.74, 6) is 5.17. The number of hydrogen-bond acceptors (Lipinski definition) is 3. The fraction of sp³-hybridized carbons (Fsp3) is 0.741. The maximum Gasteiger partial charge on any atom is 0.153 e. The number of carbonyl (C=O) groups is 1. The minimum absolute atomic E-state index is 0.175. The van der Waals surface area contributed by atoms with Gasteiger partial charge in [-0.1, -0.05) is 45.4 Å². The van der Waals surface area contributed by atoms with Crippen LogP contribution in [-0.2, 0) is 4.79 Å². The topological polar surface area (TPSA) is 38.3 Å². The number of hydrogen-bond donors (Lipinski definition) is 1. The van der Waals surface area contributed by atoms with Crippen molar-refractivity contribution in [3.8, 4) is 5.75 Å². The largest absolute Gasteiger partial charge is 0.408 e. The number of benzene rings is 1. The maximum atomic E-state index is 12.9. The molecule has 4 aliphatic carbocycles. The molecule has 0 heterocycles. The molecule has 4 saturated carbocycles. The summed E-state index contributed by atoms with van der Waals surface area (Å²) >= 11 is 0. The lowest BCUT2D eigenvalue weighted by Gasteiger charge is -2.61. The Kier molecular flexibility index (Phi) is 5.24. The third-order valence-electron chi connectivity index (χ3n) is 10.3. The lowest BCUT2D eigenvalue weighted by Crippen LogP contribution is -2.58. The molecule has 164 valence electrons. The zero-order chi connectivity index (χ0) is 20.9. The summed E-state index contributed by atoms with van der Waals surface area (Å²) in [6.07, 6.45) is 11.3. The monoisotopic (exact) mass is 409 g/mol. The lowest BCUT2D eigenvalue weighted by atomic mass is 9.44. The molecule has 1 aromatic carbocycles. The maximum absolute atomic E-state index is 12.9. The van der Waals surface area contributed by atoms with Crippen molar-refractivity contribution >= 4 is 5.78 Å². The first-order chi connectivity index (χ1) is 14.5. The molecule has 0 aliphatic heterocycles. The molecule has 5 rings (SSSR count). The van der Waals surface area contributed by atoms with Gasteiger partial charge in [-0.3, -0.25) is 4.79 Å². The third-order valence-corrected chi connectivity index (χ3v) is 10.3. The van der Waals surface area contributed by atoms with Gasteiger partial charge in [-0.25, -0.2) is 0 Å². The van der Waals surface area contributed by atoms with E-state index in [0.29, 0.717) is 17.1 Å². The molecule has 1 aromatic rings. The molecule has 3 nitrogen and oxygen atoms in total. The van der Waals surface area contributed by atoms with E-state index in [-0.39, 0.29) is 11.5 Å². The Hall–Kier alpha value is -1.35. The molecule has 0 spiro atoms. The van der Waals surface area contributed by atoms with Crippen LogP contribution in [0.3, 0.4) is 0 Å². The average Bonchev–Trinajstić information content (AvgIpc) is 3.10. The van der Waals surface area contributed by atoms with Gasteiger partial charge in [0.1, 0.15) is 11.8 Å². The SMILES string of the molecule is CC[C@H]1CC[C@@H]2[C@@H]3CC[C@@H]4CC(=O)[C@@H](NOc5ccccc5)C[C@]4(C)[C@@H]3CC[C@]12C. The summed E-state index contributed by atoms with van der Waals surface area (Å²) in [7, 11) is 0. The first-order valence-electron chi connectivity index (χ1n) is 12.5. The van der Waals surface area contributed by atoms with Gasteiger partial charge in [0.2, 0.25) is 0 Å². The van der Waals surface area contributed by atoms with E-state index < -0.39 is 0 Å². The van der Waals surface area contributed by atoms with Crippen LogP contribution in [-0.4, -0.2) is 11.8 Å². The van der Waals surface area contributed by atoms with Crippen molar-refractivity contribution < 1.29 is 9.63 Å². The van der Waals surface area contributed by atoms with Crippen LogP contribution < -0.4 is 10.3 Å². The number of rotatable bonds is 4. The first kappa shape index (κ1) is 20.5. The average molecular weight is 410 g/mol. The second-order valence-electron chi connectivity index (χ2n) is 11.3. The van der Waals surface area contributed by atoms with Crippen LogP contribution in [0.2, 0.25) is 0 Å². The second kappa shape index (κ2) is 7.65. The molecule has 0 unspecified atom stereocenters. The lowest BCUT2D eigenvalue weighted by molar-refractivity contribution is -0.147. The summed E-state index contributed by atoms with van der Waals surface area (Å²) in [5.41, 5.74) is 3.99. The van der Waals surface area contributed by atoms with Gasteiger partial charge in [-0.2, -0.15) is 0 Å². The van der Waals surface area contributed by atoms with E-state index in [4.69, 9.17) is 4.84 Å². The van der Waals surface area contributed by atoms with Gasteiger partial charge in [-0.05, 0) is 97.5 Å². The summed E-state index contributed by atoms with van der Waals surface area (Å²) in [6, 6.07) is 9.61. The van der Waals surface area contributed by atoms with Gasteiger partial charge in [0.05, 0.1) is 0 Å². The van der Waals surface area contributed by atoms with Gasteiger partial charge in [0, 0.05) is 6.42 Å². The predicted molar refractivity (Wildman–Crippen MR) is 120 cm³/mol. The Bertz CT molecular complexity index is 778. The highest BCUT2D eigenvalue weighted by atomic mass is 16.6. The van der Waals surface area contributed by atoms with Crippen molar-refractivity contribution in [1.29, 1.82) is 0 Å². The van der Waals surface area contributed by atoms with Crippen LogP contribution in [0.4, 0.5) is 0 Å². The van der Waals surface area contributed by atoms with E-state index >= 15 is 0 Å². The fourth-order valence-corrected chi connectivity index (χ4v) is 8.64. The van der Waals surface area contributed by atoms with E-state index in [2.05, 4.69) is 26.3 Å². The molecule has 0 saturated heterocycles. The Morgan fingerprint density at radius 1 is 1.00 bits per heavy atom. The first-order valence-corrected chi connectivity index (χ1v) is 12.5. The number of carbonyl (C=O) groups excluding carboxylic acids is 1. The molecule has 4 aliphatic rings. The summed E-state index contributed by atoms with van der Waals surface area (Å²) in [5, 5.41) is 0. The molecule has 4 fully saturated rings. The number of nitrogens with one attached hydrogen (secondary N) is 1. The van der Waals surface area contributed by atoms with Crippen LogP contribution in [0, 0.1) is 40.4 Å². The zero-order valence-corrected chi connectivity index (χ0v) is 19.0. The van der Waals surface area contributed by atoms with Gasteiger partial charge in [-0.15, -0.1) is 5.48 Å². The molecular weight excluding hydrogens is 370 g/mol. The number of fused-ring (bicyclic) bond motifs is 5. The van der Waals surface area contributed by atoms with Crippen LogP contribution in [0.15, 0.2) is 30.3 Å². The van der Waals surface area contributed by atoms with E-state index in [1.165, 1.54) is 44.9 Å². The fourth-order valence-electron chi connectivity index (χ4n) is 8.64. The second-order valence-corrected chi connectivity index (χ2v) is 11.3. The summed E-state index contributed by atoms with van der Waals surface area (Å²) < 4.78 is 0. The van der Waals surface area contributed by atoms with Crippen LogP contribution in [0.5, 0.6) is 5.75 Å². The molecule has 30 heavy (non-hydrogen) atoms. The highest BCUT2D eigenvalue weighted by molar-refractivity contribution is 5.85. The Balaban J connectivity index is 1.34. The Morgan fingerprint density at radius 3 is 2.53 bits per heavy atom. The molecule has 1 N–H and O–H groups in total. The van der Waals surface area contributed by atoms with Crippen molar-refractivity contribution in [1.82, 2.24) is 5.48 Å². The molecule has 8 atom stereocenters. The summed E-state index contributed by atoms with van der Waals surface area (Å²) in [6.45, 7) is 7.54. The van der Waals surface area contributed by atoms with E-state index in [1.807, 2.05) is 30.3 Å². The number of para-hydroxylation sites is 1. The van der Waals surface area contributed by atoms with Gasteiger partial charge in [0.25, 0.3) is 0 Å². The Morgan fingerprint density at radius 2 is 1.77 bits per heavy atom. The van der Waals surface area contributed by atoms with E-state index in [0.717, 1.165) is 42.3 Å². The predicted octanol–water partition coefficient (Wildman–Crippen LogP) is 6.19. The normalized spacial score (nSPS) is 45.4. The number of ketones is 1.